The highest BCUT2D eigenvalue weighted by Gasteiger charge is 2.07. The standard InChI is InChI=1S/C19H15N3O2/c23-19(24)15-11-13-16(14-12-15)20-21-22(17-7-3-1-4-8-17)18-9-5-2-6-10-18/h1-14H,(H,23,24). The number of carbonyl (C=O) groups is 1. The number of carboxylic acid groups (broad SMARTS) is 1. The summed E-state index contributed by atoms with van der Waals surface area (Å²) in [6.07, 6.45) is 0. The molecule has 118 valence electrons. The summed E-state index contributed by atoms with van der Waals surface area (Å²) in [7, 11) is 0. The molecule has 3 aromatic rings. The van der Waals surface area contributed by atoms with Crippen molar-refractivity contribution in [2.24, 2.45) is 10.3 Å². The quantitative estimate of drug-likeness (QED) is 0.518. The second kappa shape index (κ2) is 7.19. The molecule has 0 atom stereocenters. The van der Waals surface area contributed by atoms with Gasteiger partial charge in [-0.25, -0.2) is 9.80 Å². The summed E-state index contributed by atoms with van der Waals surface area (Å²) in [4.78, 5) is 10.9. The first kappa shape index (κ1) is 15.4. The Hall–Kier alpha value is -3.47. The number of anilines is 2. The molecule has 0 radical (unpaired) electrons. The number of nitrogens with zero attached hydrogens (tertiary/aromatic N) is 3. The average Bonchev–Trinajstić information content (AvgIpc) is 2.64. The van der Waals surface area contributed by atoms with E-state index in [9.17, 15) is 4.79 Å². The number of carboxylic acids is 1. The summed E-state index contributed by atoms with van der Waals surface area (Å²) < 4.78 is 0. The van der Waals surface area contributed by atoms with Gasteiger partial charge in [-0.05, 0) is 48.5 Å². The molecule has 5 nitrogen and oxygen atoms in total. The van der Waals surface area contributed by atoms with Gasteiger partial charge in [0.2, 0.25) is 0 Å². The minimum Gasteiger partial charge on any atom is -0.478 e. The van der Waals surface area contributed by atoms with Gasteiger partial charge in [-0.3, -0.25) is 0 Å². The summed E-state index contributed by atoms with van der Waals surface area (Å²) in [5.74, 6) is -0.964. The molecule has 24 heavy (non-hydrogen) atoms. The Bertz CT molecular complexity index is 792. The van der Waals surface area contributed by atoms with Crippen LogP contribution in [0.5, 0.6) is 0 Å². The molecule has 0 aliphatic rings. The average molecular weight is 317 g/mol. The first-order chi connectivity index (χ1) is 11.7. The number of para-hydroxylation sites is 2. The van der Waals surface area contributed by atoms with Crippen LogP contribution >= 0.6 is 0 Å². The van der Waals surface area contributed by atoms with E-state index < -0.39 is 5.97 Å². The molecule has 3 rings (SSSR count). The van der Waals surface area contributed by atoms with Gasteiger partial charge < -0.3 is 5.11 Å². The molecule has 0 fully saturated rings. The Labute approximate surface area is 139 Å². The van der Waals surface area contributed by atoms with E-state index in [2.05, 4.69) is 10.3 Å². The van der Waals surface area contributed by atoms with Crippen molar-refractivity contribution in [3.05, 3.63) is 90.5 Å². The summed E-state index contributed by atoms with van der Waals surface area (Å²) in [6.45, 7) is 0. The molecule has 3 aromatic carbocycles. The van der Waals surface area contributed by atoms with Crippen molar-refractivity contribution in [2.45, 2.75) is 0 Å². The first-order valence-electron chi connectivity index (χ1n) is 7.39. The number of hydrogen-bond acceptors (Lipinski definition) is 3. The first-order valence-corrected chi connectivity index (χ1v) is 7.39. The molecule has 0 saturated carbocycles. The third kappa shape index (κ3) is 3.64. The van der Waals surface area contributed by atoms with E-state index in [1.54, 1.807) is 17.1 Å². The van der Waals surface area contributed by atoms with Crippen LogP contribution in [0.4, 0.5) is 17.1 Å². The summed E-state index contributed by atoms with van der Waals surface area (Å²) in [5, 5.41) is 19.2. The second-order valence-electron chi connectivity index (χ2n) is 5.02. The van der Waals surface area contributed by atoms with Crippen LogP contribution in [-0.2, 0) is 0 Å². The van der Waals surface area contributed by atoms with Crippen LogP contribution in [0.25, 0.3) is 0 Å². The van der Waals surface area contributed by atoms with Gasteiger partial charge in [0, 0.05) is 0 Å². The van der Waals surface area contributed by atoms with E-state index in [4.69, 9.17) is 5.11 Å². The third-order valence-electron chi connectivity index (χ3n) is 3.37. The zero-order chi connectivity index (χ0) is 16.8. The Morgan fingerprint density at radius 3 is 1.71 bits per heavy atom. The normalized spacial score (nSPS) is 10.7. The smallest absolute Gasteiger partial charge is 0.335 e. The van der Waals surface area contributed by atoms with Gasteiger partial charge in [0.1, 0.15) is 0 Å². The van der Waals surface area contributed by atoms with E-state index in [-0.39, 0.29) is 5.56 Å². The lowest BCUT2D eigenvalue weighted by atomic mass is 10.2. The maximum atomic E-state index is 10.9. The van der Waals surface area contributed by atoms with Crippen LogP contribution in [0.2, 0.25) is 0 Å². The minimum absolute atomic E-state index is 0.219. The van der Waals surface area contributed by atoms with Crippen LogP contribution in [0.1, 0.15) is 10.4 Å². The Balaban J connectivity index is 1.90. The van der Waals surface area contributed by atoms with Crippen LogP contribution in [0.15, 0.2) is 95.3 Å². The lowest BCUT2D eigenvalue weighted by Crippen LogP contribution is -2.07. The van der Waals surface area contributed by atoms with Crippen molar-refractivity contribution in [3.63, 3.8) is 0 Å². The van der Waals surface area contributed by atoms with Crippen LogP contribution in [-0.4, -0.2) is 11.1 Å². The van der Waals surface area contributed by atoms with Gasteiger partial charge in [0.15, 0.2) is 0 Å². The Morgan fingerprint density at radius 1 is 0.750 bits per heavy atom. The molecular formula is C19H15N3O2. The minimum atomic E-state index is -0.964. The lowest BCUT2D eigenvalue weighted by Gasteiger charge is -2.17. The van der Waals surface area contributed by atoms with Crippen molar-refractivity contribution in [1.29, 1.82) is 0 Å². The van der Waals surface area contributed by atoms with E-state index in [1.807, 2.05) is 60.7 Å². The SMILES string of the molecule is O=C(O)c1ccc(N=NN(c2ccccc2)c2ccccc2)cc1. The number of benzene rings is 3. The van der Waals surface area contributed by atoms with E-state index in [0.29, 0.717) is 5.69 Å². The Morgan fingerprint density at radius 2 is 1.25 bits per heavy atom. The topological polar surface area (TPSA) is 65.3 Å². The lowest BCUT2D eigenvalue weighted by molar-refractivity contribution is 0.0697. The molecule has 1 N–H and O–H groups in total. The predicted octanol–water partition coefficient (Wildman–Crippen LogP) is 5.22. The highest BCUT2D eigenvalue weighted by Crippen LogP contribution is 2.26. The largest absolute Gasteiger partial charge is 0.478 e. The van der Waals surface area contributed by atoms with Gasteiger partial charge >= 0.3 is 5.97 Å². The molecule has 0 aliphatic carbocycles. The molecule has 0 saturated heterocycles. The highest BCUT2D eigenvalue weighted by molar-refractivity contribution is 5.87. The molecule has 0 aliphatic heterocycles. The Kier molecular flexibility index (Phi) is 4.62. The summed E-state index contributed by atoms with van der Waals surface area (Å²) in [6, 6.07) is 25.7. The van der Waals surface area contributed by atoms with Gasteiger partial charge in [-0.2, -0.15) is 0 Å². The van der Waals surface area contributed by atoms with Gasteiger partial charge in [0.25, 0.3) is 0 Å². The molecule has 5 heteroatoms. The maximum absolute atomic E-state index is 10.9. The fourth-order valence-electron chi connectivity index (χ4n) is 2.16. The molecule has 0 spiro atoms. The van der Waals surface area contributed by atoms with Crippen molar-refractivity contribution >= 4 is 23.0 Å². The second-order valence-corrected chi connectivity index (χ2v) is 5.02. The molecule has 0 amide bonds. The monoisotopic (exact) mass is 317 g/mol. The van der Waals surface area contributed by atoms with Crippen molar-refractivity contribution < 1.29 is 9.90 Å². The van der Waals surface area contributed by atoms with Crippen LogP contribution in [0, 0.1) is 0 Å². The van der Waals surface area contributed by atoms with Crippen LogP contribution in [0.3, 0.4) is 0 Å². The van der Waals surface area contributed by atoms with Gasteiger partial charge in [-0.15, -0.1) is 5.11 Å². The van der Waals surface area contributed by atoms with Gasteiger partial charge in [0.05, 0.1) is 22.6 Å². The highest BCUT2D eigenvalue weighted by atomic mass is 16.4. The van der Waals surface area contributed by atoms with Gasteiger partial charge in [-0.1, -0.05) is 41.6 Å². The number of aromatic carboxylic acids is 1. The van der Waals surface area contributed by atoms with E-state index in [0.717, 1.165) is 11.4 Å². The van der Waals surface area contributed by atoms with Crippen molar-refractivity contribution in [3.8, 4) is 0 Å². The zero-order valence-corrected chi connectivity index (χ0v) is 12.8. The number of hydrogen-bond donors (Lipinski definition) is 1. The van der Waals surface area contributed by atoms with Crippen LogP contribution < -0.4 is 5.01 Å². The molecule has 0 heterocycles. The summed E-state index contributed by atoms with van der Waals surface area (Å²) >= 11 is 0. The van der Waals surface area contributed by atoms with E-state index >= 15 is 0 Å². The molecule has 0 unspecified atom stereocenters. The number of rotatable bonds is 5. The molecular weight excluding hydrogens is 302 g/mol. The van der Waals surface area contributed by atoms with Crippen molar-refractivity contribution in [1.82, 2.24) is 0 Å². The predicted molar refractivity (Wildman–Crippen MR) is 92.9 cm³/mol. The summed E-state index contributed by atoms with van der Waals surface area (Å²) in [5.41, 5.74) is 2.57. The maximum Gasteiger partial charge on any atom is 0.335 e. The molecule has 0 bridgehead atoms. The van der Waals surface area contributed by atoms with Crippen molar-refractivity contribution in [2.75, 3.05) is 5.01 Å². The van der Waals surface area contributed by atoms with E-state index in [1.165, 1.54) is 12.1 Å². The fourth-order valence-corrected chi connectivity index (χ4v) is 2.16. The fraction of sp³-hybridized carbons (Fsp3) is 0. The molecule has 0 aromatic heterocycles. The zero-order valence-electron chi connectivity index (χ0n) is 12.8. The third-order valence-corrected chi connectivity index (χ3v) is 3.37.